The fourth-order valence-electron chi connectivity index (χ4n) is 2.43. The molecule has 0 spiro atoms. The number of nitrogens with zero attached hydrogens (tertiary/aromatic N) is 1. The van der Waals surface area contributed by atoms with E-state index in [1.807, 2.05) is 51.1 Å². The third-order valence-corrected chi connectivity index (χ3v) is 5.18. The van der Waals surface area contributed by atoms with Crippen molar-refractivity contribution in [3.63, 3.8) is 0 Å². The Bertz CT molecular complexity index is 898. The van der Waals surface area contributed by atoms with E-state index in [0.717, 1.165) is 31.9 Å². The summed E-state index contributed by atoms with van der Waals surface area (Å²) in [4.78, 5) is 16.5. The molecule has 1 amide bonds. The number of aryl methyl sites for hydroxylation is 3. The third-order valence-electron chi connectivity index (χ3n) is 3.65. The number of nitrogens with one attached hydrogen (secondary N) is 1. The highest BCUT2D eigenvalue weighted by Gasteiger charge is 2.10. The van der Waals surface area contributed by atoms with E-state index in [2.05, 4.69) is 10.3 Å². The topological polar surface area (TPSA) is 51.2 Å². The highest BCUT2D eigenvalue weighted by molar-refractivity contribution is 7.22. The van der Waals surface area contributed by atoms with Crippen molar-refractivity contribution in [2.75, 3.05) is 11.9 Å². The number of halogens is 1. The molecule has 24 heavy (non-hydrogen) atoms. The molecule has 0 saturated carbocycles. The first kappa shape index (κ1) is 16.7. The van der Waals surface area contributed by atoms with Gasteiger partial charge >= 0.3 is 0 Å². The van der Waals surface area contributed by atoms with E-state index < -0.39 is 0 Å². The molecule has 124 valence electrons. The summed E-state index contributed by atoms with van der Waals surface area (Å²) in [7, 11) is 0. The van der Waals surface area contributed by atoms with Crippen molar-refractivity contribution in [1.82, 2.24) is 4.98 Å². The minimum Gasteiger partial charge on any atom is -0.484 e. The zero-order chi connectivity index (χ0) is 17.3. The molecule has 6 heteroatoms. The van der Waals surface area contributed by atoms with Gasteiger partial charge in [0, 0.05) is 5.02 Å². The minimum atomic E-state index is -0.239. The van der Waals surface area contributed by atoms with Crippen LogP contribution in [0.3, 0.4) is 0 Å². The molecule has 1 heterocycles. The van der Waals surface area contributed by atoms with Gasteiger partial charge in [-0.2, -0.15) is 0 Å². The zero-order valence-corrected chi connectivity index (χ0v) is 15.2. The molecule has 0 bridgehead atoms. The number of rotatable bonds is 4. The van der Waals surface area contributed by atoms with Gasteiger partial charge in [-0.25, -0.2) is 4.98 Å². The van der Waals surface area contributed by atoms with Crippen LogP contribution >= 0.6 is 22.9 Å². The lowest BCUT2D eigenvalue weighted by Crippen LogP contribution is -2.20. The van der Waals surface area contributed by atoms with Crippen molar-refractivity contribution in [2.45, 2.75) is 20.8 Å². The Labute approximate surface area is 149 Å². The Hall–Kier alpha value is -2.11. The Kier molecular flexibility index (Phi) is 4.73. The van der Waals surface area contributed by atoms with Crippen LogP contribution in [-0.2, 0) is 4.79 Å². The summed E-state index contributed by atoms with van der Waals surface area (Å²) < 4.78 is 6.61. The summed E-state index contributed by atoms with van der Waals surface area (Å²) in [6, 6.07) is 9.62. The van der Waals surface area contributed by atoms with E-state index in [1.54, 1.807) is 0 Å². The Morgan fingerprint density at radius 2 is 1.92 bits per heavy atom. The monoisotopic (exact) mass is 360 g/mol. The van der Waals surface area contributed by atoms with E-state index in [4.69, 9.17) is 16.3 Å². The molecule has 4 nitrogen and oxygen atoms in total. The van der Waals surface area contributed by atoms with Crippen molar-refractivity contribution in [1.29, 1.82) is 0 Å². The van der Waals surface area contributed by atoms with Crippen molar-refractivity contribution in [3.8, 4) is 5.75 Å². The third kappa shape index (κ3) is 3.52. The molecule has 3 rings (SSSR count). The number of aromatic nitrogens is 1. The Morgan fingerprint density at radius 1 is 1.21 bits per heavy atom. The Balaban J connectivity index is 1.66. The molecule has 0 aliphatic rings. The maximum atomic E-state index is 12.1. The maximum absolute atomic E-state index is 12.1. The second-order valence-electron chi connectivity index (χ2n) is 5.65. The largest absolute Gasteiger partial charge is 0.484 e. The number of thiazole rings is 1. The molecule has 3 aromatic rings. The molecule has 0 aliphatic heterocycles. The number of benzene rings is 2. The van der Waals surface area contributed by atoms with Crippen LogP contribution < -0.4 is 10.1 Å². The van der Waals surface area contributed by atoms with Gasteiger partial charge in [-0.05, 0) is 55.7 Å². The number of amides is 1. The van der Waals surface area contributed by atoms with Crippen molar-refractivity contribution in [3.05, 3.63) is 52.0 Å². The van der Waals surface area contributed by atoms with E-state index in [9.17, 15) is 4.79 Å². The number of ether oxygens (including phenoxy) is 1. The second kappa shape index (κ2) is 6.79. The van der Waals surface area contributed by atoms with Gasteiger partial charge in [0.1, 0.15) is 5.75 Å². The van der Waals surface area contributed by atoms with Crippen LogP contribution in [0.1, 0.15) is 16.7 Å². The van der Waals surface area contributed by atoms with Crippen LogP contribution in [0.5, 0.6) is 5.75 Å². The summed E-state index contributed by atoms with van der Waals surface area (Å²) in [6.07, 6.45) is 0. The van der Waals surface area contributed by atoms with Crippen molar-refractivity contribution in [2.24, 2.45) is 0 Å². The maximum Gasteiger partial charge on any atom is 0.264 e. The first-order chi connectivity index (χ1) is 11.4. The predicted octanol–water partition coefficient (Wildman–Crippen LogP) is 4.89. The molecule has 0 unspecified atom stereocenters. The molecule has 1 N–H and O–H groups in total. The summed E-state index contributed by atoms with van der Waals surface area (Å²) in [5, 5.41) is 4.09. The van der Waals surface area contributed by atoms with Crippen LogP contribution in [0, 0.1) is 20.8 Å². The van der Waals surface area contributed by atoms with E-state index in [-0.39, 0.29) is 12.5 Å². The first-order valence-corrected chi connectivity index (χ1v) is 8.69. The number of anilines is 1. The van der Waals surface area contributed by atoms with Crippen molar-refractivity contribution >= 4 is 44.2 Å². The van der Waals surface area contributed by atoms with E-state index >= 15 is 0 Å². The number of carbonyl (C=O) groups excluding carboxylic acids is 1. The van der Waals surface area contributed by atoms with Gasteiger partial charge in [-0.1, -0.05) is 35.1 Å². The molecule has 2 aromatic carbocycles. The number of para-hydroxylation sites is 1. The van der Waals surface area contributed by atoms with Gasteiger partial charge in [0.05, 0.1) is 10.2 Å². The predicted molar refractivity (Wildman–Crippen MR) is 99.4 cm³/mol. The lowest BCUT2D eigenvalue weighted by Gasteiger charge is -2.09. The number of hydrogen-bond acceptors (Lipinski definition) is 4. The minimum absolute atomic E-state index is 0.0740. The highest BCUT2D eigenvalue weighted by atomic mass is 35.5. The van der Waals surface area contributed by atoms with Gasteiger partial charge in [0.15, 0.2) is 11.7 Å². The number of fused-ring (bicyclic) bond motifs is 1. The molecule has 0 aliphatic carbocycles. The van der Waals surface area contributed by atoms with Crippen LogP contribution in [0.2, 0.25) is 5.02 Å². The van der Waals surface area contributed by atoms with E-state index in [0.29, 0.717) is 10.9 Å². The van der Waals surface area contributed by atoms with Crippen LogP contribution in [0.4, 0.5) is 5.13 Å². The summed E-state index contributed by atoms with van der Waals surface area (Å²) >= 11 is 7.58. The summed E-state index contributed by atoms with van der Waals surface area (Å²) in [5.41, 5.74) is 3.86. The smallest absolute Gasteiger partial charge is 0.264 e. The quantitative estimate of drug-likeness (QED) is 0.720. The van der Waals surface area contributed by atoms with Gasteiger partial charge in [-0.15, -0.1) is 0 Å². The van der Waals surface area contributed by atoms with E-state index in [1.165, 1.54) is 11.3 Å². The molecule has 0 atom stereocenters. The number of hydrogen-bond donors (Lipinski definition) is 1. The fourth-order valence-corrected chi connectivity index (χ4v) is 3.50. The fraction of sp³-hybridized carbons (Fsp3) is 0.222. The van der Waals surface area contributed by atoms with Gasteiger partial charge < -0.3 is 4.74 Å². The highest BCUT2D eigenvalue weighted by Crippen LogP contribution is 2.28. The van der Waals surface area contributed by atoms with Crippen LogP contribution in [-0.4, -0.2) is 17.5 Å². The average molecular weight is 361 g/mol. The lowest BCUT2D eigenvalue weighted by atomic mass is 10.1. The SMILES string of the molecule is Cc1cc(OCC(=O)Nc2nc3c(C)cccc3s2)cc(C)c1Cl. The molecule has 0 fully saturated rings. The van der Waals surface area contributed by atoms with Gasteiger partial charge in [0.2, 0.25) is 0 Å². The Morgan fingerprint density at radius 3 is 2.58 bits per heavy atom. The molecular formula is C18H17ClN2O2S. The zero-order valence-electron chi connectivity index (χ0n) is 13.6. The van der Waals surface area contributed by atoms with Gasteiger partial charge in [-0.3, -0.25) is 10.1 Å². The second-order valence-corrected chi connectivity index (χ2v) is 7.06. The number of carbonyl (C=O) groups is 1. The normalized spacial score (nSPS) is 10.8. The molecule has 0 radical (unpaired) electrons. The van der Waals surface area contributed by atoms with Gasteiger partial charge in [0.25, 0.3) is 5.91 Å². The summed E-state index contributed by atoms with van der Waals surface area (Å²) in [5.74, 6) is 0.390. The molecule has 1 aromatic heterocycles. The summed E-state index contributed by atoms with van der Waals surface area (Å²) in [6.45, 7) is 5.74. The van der Waals surface area contributed by atoms with Crippen LogP contribution in [0.25, 0.3) is 10.2 Å². The van der Waals surface area contributed by atoms with Crippen molar-refractivity contribution < 1.29 is 9.53 Å². The average Bonchev–Trinajstić information content (AvgIpc) is 2.94. The standard InChI is InChI=1S/C18H17ClN2O2S/c1-10-5-4-6-14-17(10)21-18(24-14)20-15(22)9-23-13-7-11(2)16(19)12(3)8-13/h4-8H,9H2,1-3H3,(H,20,21,22). The van der Waals surface area contributed by atoms with Crippen LogP contribution in [0.15, 0.2) is 30.3 Å². The first-order valence-electron chi connectivity index (χ1n) is 7.49. The lowest BCUT2D eigenvalue weighted by molar-refractivity contribution is -0.118. The molecule has 0 saturated heterocycles. The molecular weight excluding hydrogens is 344 g/mol.